The Bertz CT molecular complexity index is 1160. The molecular formula is C24H20ClNO3. The largest absolute Gasteiger partial charge is 0.497 e. The molecule has 5 heteroatoms. The maximum atomic E-state index is 12.9. The van der Waals surface area contributed by atoms with Crippen LogP contribution in [0.2, 0.25) is 5.02 Å². The molecule has 0 saturated carbocycles. The van der Waals surface area contributed by atoms with Crippen molar-refractivity contribution in [3.8, 4) is 17.1 Å². The fraction of sp³-hybridized carbons (Fsp3) is 0.125. The number of hydrogen-bond acceptors (Lipinski definition) is 3. The molecule has 4 rings (SSSR count). The van der Waals surface area contributed by atoms with Gasteiger partial charge < -0.3 is 14.5 Å². The predicted octanol–water partition coefficient (Wildman–Crippen LogP) is 6.00. The second-order valence-electron chi connectivity index (χ2n) is 6.85. The van der Waals surface area contributed by atoms with Crippen LogP contribution in [0.4, 0.5) is 0 Å². The molecular weight excluding hydrogens is 386 g/mol. The third-order valence-corrected chi connectivity index (χ3v) is 5.05. The van der Waals surface area contributed by atoms with Crippen molar-refractivity contribution in [2.45, 2.75) is 13.5 Å². The summed E-state index contributed by atoms with van der Waals surface area (Å²) in [6.07, 6.45) is 0. The van der Waals surface area contributed by atoms with Gasteiger partial charge >= 0.3 is 0 Å². The number of benzene rings is 3. The lowest BCUT2D eigenvalue weighted by atomic mass is 10.0. The summed E-state index contributed by atoms with van der Waals surface area (Å²) < 4.78 is 11.2. The molecule has 0 aliphatic heterocycles. The smallest absolute Gasteiger partial charge is 0.287 e. The number of methoxy groups -OCH3 is 1. The number of ether oxygens (including phenoxy) is 1. The van der Waals surface area contributed by atoms with Crippen molar-refractivity contribution in [1.29, 1.82) is 0 Å². The minimum Gasteiger partial charge on any atom is -0.497 e. The number of carbonyl (C=O) groups excluding carboxylic acids is 1. The zero-order valence-electron chi connectivity index (χ0n) is 16.2. The second kappa shape index (κ2) is 8.02. The average Bonchev–Trinajstić information content (AvgIpc) is 3.11. The van der Waals surface area contributed by atoms with Crippen LogP contribution >= 0.6 is 11.6 Å². The number of fused-ring (bicyclic) bond motifs is 1. The molecule has 0 atom stereocenters. The molecule has 0 bridgehead atoms. The number of hydrogen-bond donors (Lipinski definition) is 1. The Morgan fingerprint density at radius 1 is 1.00 bits per heavy atom. The van der Waals surface area contributed by atoms with Crippen LogP contribution in [0.5, 0.6) is 5.75 Å². The van der Waals surface area contributed by atoms with Gasteiger partial charge in [-0.05, 0) is 55.0 Å². The summed E-state index contributed by atoms with van der Waals surface area (Å²) in [4.78, 5) is 12.9. The van der Waals surface area contributed by atoms with Crippen molar-refractivity contribution in [2.75, 3.05) is 7.11 Å². The lowest BCUT2D eigenvalue weighted by Gasteiger charge is -2.05. The summed E-state index contributed by atoms with van der Waals surface area (Å²) in [5.41, 5.74) is 2.95. The zero-order valence-corrected chi connectivity index (χ0v) is 16.9. The highest BCUT2D eigenvalue weighted by Crippen LogP contribution is 2.35. The minimum atomic E-state index is -0.255. The third kappa shape index (κ3) is 3.98. The molecule has 3 aromatic carbocycles. The maximum Gasteiger partial charge on any atom is 0.287 e. The first kappa shape index (κ1) is 19.1. The summed E-state index contributed by atoms with van der Waals surface area (Å²) in [6.45, 7) is 2.41. The Balaban J connectivity index is 1.65. The monoisotopic (exact) mass is 405 g/mol. The molecule has 4 nitrogen and oxygen atoms in total. The van der Waals surface area contributed by atoms with E-state index in [1.54, 1.807) is 7.11 Å². The number of amides is 1. The van der Waals surface area contributed by atoms with Crippen LogP contribution in [0.1, 0.15) is 21.7 Å². The van der Waals surface area contributed by atoms with Crippen LogP contribution in [0, 0.1) is 6.92 Å². The molecule has 146 valence electrons. The van der Waals surface area contributed by atoms with Gasteiger partial charge in [-0.25, -0.2) is 0 Å². The molecule has 0 unspecified atom stereocenters. The molecule has 0 spiro atoms. The van der Waals surface area contributed by atoms with Crippen LogP contribution in [-0.2, 0) is 6.54 Å². The van der Waals surface area contributed by atoms with Gasteiger partial charge in [0.05, 0.1) is 7.11 Å². The molecule has 0 aliphatic carbocycles. The van der Waals surface area contributed by atoms with Gasteiger partial charge in [-0.1, -0.05) is 41.4 Å². The van der Waals surface area contributed by atoms with Gasteiger partial charge in [0.15, 0.2) is 5.76 Å². The van der Waals surface area contributed by atoms with E-state index in [9.17, 15) is 4.79 Å². The fourth-order valence-corrected chi connectivity index (χ4v) is 3.37. The summed E-state index contributed by atoms with van der Waals surface area (Å²) in [6, 6.07) is 20.9. The first-order valence-corrected chi connectivity index (χ1v) is 9.63. The van der Waals surface area contributed by atoms with Gasteiger partial charge in [0.2, 0.25) is 0 Å². The topological polar surface area (TPSA) is 51.5 Å². The standard InChI is InChI=1S/C24H20ClNO3/c1-15-3-12-20-21(13-15)22(17-6-8-18(25)9-7-17)29-23(20)24(27)26-14-16-4-10-19(28-2)11-5-16/h3-13H,14H2,1-2H3,(H,26,27). The molecule has 0 radical (unpaired) electrons. The van der Waals surface area contributed by atoms with E-state index in [1.807, 2.05) is 73.7 Å². The van der Waals surface area contributed by atoms with E-state index < -0.39 is 0 Å². The Kier molecular flexibility index (Phi) is 5.28. The van der Waals surface area contributed by atoms with Crippen LogP contribution in [-0.4, -0.2) is 13.0 Å². The van der Waals surface area contributed by atoms with E-state index in [0.29, 0.717) is 23.1 Å². The lowest BCUT2D eigenvalue weighted by Crippen LogP contribution is -2.22. The summed E-state index contributed by atoms with van der Waals surface area (Å²) in [5.74, 6) is 1.49. The van der Waals surface area contributed by atoms with E-state index in [0.717, 1.165) is 33.2 Å². The molecule has 0 saturated heterocycles. The van der Waals surface area contributed by atoms with Gasteiger partial charge in [-0.2, -0.15) is 0 Å². The average molecular weight is 406 g/mol. The van der Waals surface area contributed by atoms with Crippen LogP contribution in [0.25, 0.3) is 22.1 Å². The Hall–Kier alpha value is -3.24. The van der Waals surface area contributed by atoms with Crippen molar-refractivity contribution in [2.24, 2.45) is 0 Å². The highest BCUT2D eigenvalue weighted by molar-refractivity contribution is 6.30. The predicted molar refractivity (Wildman–Crippen MR) is 116 cm³/mol. The normalized spacial score (nSPS) is 10.9. The minimum absolute atomic E-state index is 0.255. The fourth-order valence-electron chi connectivity index (χ4n) is 3.25. The first-order chi connectivity index (χ1) is 14.0. The van der Waals surface area contributed by atoms with E-state index >= 15 is 0 Å². The third-order valence-electron chi connectivity index (χ3n) is 4.79. The van der Waals surface area contributed by atoms with E-state index in [1.165, 1.54) is 0 Å². The van der Waals surface area contributed by atoms with Gasteiger partial charge in [-0.3, -0.25) is 4.79 Å². The molecule has 1 amide bonds. The van der Waals surface area contributed by atoms with Crippen LogP contribution < -0.4 is 10.1 Å². The van der Waals surface area contributed by atoms with Gasteiger partial charge in [0.25, 0.3) is 5.91 Å². The SMILES string of the molecule is COc1ccc(CNC(=O)c2oc(-c3ccc(Cl)cc3)c3cc(C)ccc23)cc1. The summed E-state index contributed by atoms with van der Waals surface area (Å²) >= 11 is 6.01. The number of nitrogens with one attached hydrogen (secondary N) is 1. The molecule has 0 aliphatic rings. The summed E-state index contributed by atoms with van der Waals surface area (Å²) in [7, 11) is 1.62. The Morgan fingerprint density at radius 2 is 1.72 bits per heavy atom. The number of halogens is 1. The Labute approximate surface area is 174 Å². The van der Waals surface area contributed by atoms with E-state index in [-0.39, 0.29) is 5.91 Å². The Morgan fingerprint density at radius 3 is 2.41 bits per heavy atom. The highest BCUT2D eigenvalue weighted by atomic mass is 35.5. The number of aryl methyl sites for hydroxylation is 1. The van der Waals surface area contributed by atoms with E-state index in [4.69, 9.17) is 20.8 Å². The maximum absolute atomic E-state index is 12.9. The first-order valence-electron chi connectivity index (χ1n) is 9.25. The lowest BCUT2D eigenvalue weighted by molar-refractivity contribution is 0.0926. The van der Waals surface area contributed by atoms with Crippen molar-refractivity contribution >= 4 is 28.3 Å². The van der Waals surface area contributed by atoms with Gasteiger partial charge in [-0.15, -0.1) is 0 Å². The number of rotatable bonds is 5. The summed E-state index contributed by atoms with van der Waals surface area (Å²) in [5, 5.41) is 5.28. The van der Waals surface area contributed by atoms with E-state index in [2.05, 4.69) is 5.32 Å². The molecule has 1 heterocycles. The highest BCUT2D eigenvalue weighted by Gasteiger charge is 2.20. The van der Waals surface area contributed by atoms with Gasteiger partial charge in [0, 0.05) is 27.9 Å². The zero-order chi connectivity index (χ0) is 20.4. The van der Waals surface area contributed by atoms with Gasteiger partial charge in [0.1, 0.15) is 11.5 Å². The van der Waals surface area contributed by atoms with Crippen molar-refractivity contribution in [3.63, 3.8) is 0 Å². The van der Waals surface area contributed by atoms with Crippen LogP contribution in [0.3, 0.4) is 0 Å². The molecule has 4 aromatic rings. The second-order valence-corrected chi connectivity index (χ2v) is 7.28. The quantitative estimate of drug-likeness (QED) is 0.443. The number of furan rings is 1. The number of carbonyl (C=O) groups is 1. The molecule has 29 heavy (non-hydrogen) atoms. The molecule has 1 N–H and O–H groups in total. The van der Waals surface area contributed by atoms with Crippen molar-refractivity contribution in [1.82, 2.24) is 5.32 Å². The van der Waals surface area contributed by atoms with Crippen molar-refractivity contribution < 1.29 is 13.9 Å². The molecule has 1 aromatic heterocycles. The van der Waals surface area contributed by atoms with Crippen LogP contribution in [0.15, 0.2) is 71.1 Å². The molecule has 0 fully saturated rings. The van der Waals surface area contributed by atoms with Crippen molar-refractivity contribution in [3.05, 3.63) is 88.6 Å².